The van der Waals surface area contributed by atoms with Crippen LogP contribution in [-0.2, 0) is 0 Å². The molecule has 0 saturated heterocycles. The van der Waals surface area contributed by atoms with Gasteiger partial charge in [-0.3, -0.25) is 0 Å². The second-order valence-electron chi connectivity index (χ2n) is 5.07. The van der Waals surface area contributed by atoms with E-state index < -0.39 is 11.5 Å². The molecule has 0 aliphatic carbocycles. The number of halogens is 1. The highest BCUT2D eigenvalue weighted by atomic mass is 35.5. The van der Waals surface area contributed by atoms with Crippen LogP contribution in [0.5, 0.6) is 34.5 Å². The first-order valence-electron chi connectivity index (χ1n) is 6.91. The molecule has 25 heavy (non-hydrogen) atoms. The van der Waals surface area contributed by atoms with Crippen LogP contribution in [-0.4, -0.2) is 34.6 Å². The standard InChI is InChI=1S/C17H14O7.ClH/c1-22-13-5-9(18)6-14-10(13)7-12(20)17(24-14)8-3-11(19)16(21)15(4-8)23-2;/h3-7H,1-2H3,(H3-,18,19,20,21);1H. The zero-order valence-electron chi connectivity index (χ0n) is 13.3. The van der Waals surface area contributed by atoms with Gasteiger partial charge in [-0.15, -0.1) is 0 Å². The van der Waals surface area contributed by atoms with Crippen LogP contribution in [0.25, 0.3) is 22.3 Å². The zero-order valence-corrected chi connectivity index (χ0v) is 14.0. The second-order valence-corrected chi connectivity index (χ2v) is 5.07. The predicted molar refractivity (Wildman–Crippen MR) is 85.8 cm³/mol. The lowest BCUT2D eigenvalue weighted by atomic mass is 10.1. The van der Waals surface area contributed by atoms with Gasteiger partial charge in [-0.25, -0.2) is 4.42 Å². The van der Waals surface area contributed by atoms with Crippen molar-refractivity contribution in [3.05, 3.63) is 30.3 Å². The Bertz CT molecular complexity index is 940. The van der Waals surface area contributed by atoms with Crippen molar-refractivity contribution in [2.24, 2.45) is 0 Å². The van der Waals surface area contributed by atoms with Gasteiger partial charge in [0.15, 0.2) is 11.5 Å². The normalized spacial score (nSPS) is 10.3. The summed E-state index contributed by atoms with van der Waals surface area (Å²) in [6, 6.07) is 6.81. The molecule has 0 saturated carbocycles. The van der Waals surface area contributed by atoms with Crippen molar-refractivity contribution in [2.75, 3.05) is 14.2 Å². The average Bonchev–Trinajstić information content (AvgIpc) is 2.56. The summed E-state index contributed by atoms with van der Waals surface area (Å²) >= 11 is 0. The van der Waals surface area contributed by atoms with Crippen LogP contribution in [0.15, 0.2) is 34.7 Å². The van der Waals surface area contributed by atoms with Crippen LogP contribution >= 0.6 is 0 Å². The van der Waals surface area contributed by atoms with Gasteiger partial charge in [-0.05, 0) is 0 Å². The van der Waals surface area contributed by atoms with Gasteiger partial charge in [0.25, 0.3) is 0 Å². The fourth-order valence-electron chi connectivity index (χ4n) is 2.43. The maximum Gasteiger partial charge on any atom is 0.402 e. The number of hydrogen-bond donors (Lipinski definition) is 4. The molecule has 2 aromatic carbocycles. The molecule has 7 nitrogen and oxygen atoms in total. The molecule has 0 atom stereocenters. The van der Waals surface area contributed by atoms with E-state index in [0.717, 1.165) is 0 Å². The van der Waals surface area contributed by atoms with Crippen LogP contribution in [0.4, 0.5) is 0 Å². The molecule has 1 aromatic heterocycles. The molecule has 3 aromatic rings. The van der Waals surface area contributed by atoms with Crippen LogP contribution < -0.4 is 21.9 Å². The minimum Gasteiger partial charge on any atom is -1.00 e. The van der Waals surface area contributed by atoms with Crippen molar-refractivity contribution >= 4 is 11.0 Å². The fraction of sp³-hybridized carbons (Fsp3) is 0.118. The Balaban J connectivity index is 0.00000225. The van der Waals surface area contributed by atoms with Crippen molar-refractivity contribution in [3.8, 4) is 45.8 Å². The number of methoxy groups -OCH3 is 2. The first kappa shape index (κ1) is 18.3. The van der Waals surface area contributed by atoms with E-state index in [1.54, 1.807) is 0 Å². The van der Waals surface area contributed by atoms with Crippen LogP contribution in [0, 0.1) is 0 Å². The zero-order chi connectivity index (χ0) is 17.4. The van der Waals surface area contributed by atoms with Gasteiger partial charge in [-0.1, -0.05) is 0 Å². The Hall–Kier alpha value is -3.06. The number of hydrogen-bond acceptors (Lipinski definition) is 6. The van der Waals surface area contributed by atoms with Crippen molar-refractivity contribution in [2.45, 2.75) is 0 Å². The van der Waals surface area contributed by atoms with Crippen molar-refractivity contribution < 1.29 is 46.7 Å². The number of phenolic OH excluding ortho intramolecular Hbond substituents is 3. The van der Waals surface area contributed by atoms with E-state index in [4.69, 9.17) is 13.9 Å². The smallest absolute Gasteiger partial charge is 0.402 e. The van der Waals surface area contributed by atoms with E-state index in [-0.39, 0.29) is 46.6 Å². The van der Waals surface area contributed by atoms with Gasteiger partial charge < -0.3 is 42.3 Å². The lowest BCUT2D eigenvalue weighted by Gasteiger charge is -2.06. The number of aromatic hydroxyl groups is 4. The fourth-order valence-corrected chi connectivity index (χ4v) is 2.43. The summed E-state index contributed by atoms with van der Waals surface area (Å²) < 4.78 is 15.8. The summed E-state index contributed by atoms with van der Waals surface area (Å²) in [5, 5.41) is 40.0. The summed E-state index contributed by atoms with van der Waals surface area (Å²) in [4.78, 5) is 0. The lowest BCUT2D eigenvalue weighted by molar-refractivity contribution is -0.00000954. The lowest BCUT2D eigenvalue weighted by Crippen LogP contribution is -3.00. The largest absolute Gasteiger partial charge is 1.00 e. The molecule has 1 heterocycles. The predicted octanol–water partition coefficient (Wildman–Crippen LogP) is 0.224. The first-order chi connectivity index (χ1) is 11.4. The quantitative estimate of drug-likeness (QED) is 0.388. The third-order valence-electron chi connectivity index (χ3n) is 3.57. The third-order valence-corrected chi connectivity index (χ3v) is 3.57. The Morgan fingerprint density at radius 1 is 0.800 bits per heavy atom. The summed E-state index contributed by atoms with van der Waals surface area (Å²) in [6.07, 6.45) is 0. The van der Waals surface area contributed by atoms with Gasteiger partial charge in [0.2, 0.25) is 11.5 Å². The molecular formula is C17H15ClO7. The molecule has 4 N–H and O–H groups in total. The number of rotatable bonds is 3. The monoisotopic (exact) mass is 366 g/mol. The van der Waals surface area contributed by atoms with Crippen LogP contribution in [0.1, 0.15) is 0 Å². The van der Waals surface area contributed by atoms with E-state index in [9.17, 15) is 20.4 Å². The van der Waals surface area contributed by atoms with Crippen molar-refractivity contribution in [1.82, 2.24) is 0 Å². The van der Waals surface area contributed by atoms with E-state index in [2.05, 4.69) is 0 Å². The Kier molecular flexibility index (Phi) is 4.99. The van der Waals surface area contributed by atoms with E-state index in [1.807, 2.05) is 0 Å². The molecule has 0 aliphatic rings. The second kappa shape index (κ2) is 6.82. The third kappa shape index (κ3) is 3.14. The minimum atomic E-state index is -0.424. The van der Waals surface area contributed by atoms with Gasteiger partial charge in [0, 0.05) is 24.3 Å². The van der Waals surface area contributed by atoms with Crippen LogP contribution in [0.3, 0.4) is 0 Å². The molecule has 0 amide bonds. The molecule has 0 unspecified atom stereocenters. The van der Waals surface area contributed by atoms with E-state index in [1.165, 1.54) is 44.6 Å². The Morgan fingerprint density at radius 3 is 2.12 bits per heavy atom. The average molecular weight is 367 g/mol. The van der Waals surface area contributed by atoms with Crippen molar-refractivity contribution in [1.29, 1.82) is 0 Å². The van der Waals surface area contributed by atoms with Gasteiger partial charge in [0.05, 0.1) is 25.8 Å². The molecule has 132 valence electrons. The number of benzene rings is 2. The van der Waals surface area contributed by atoms with Gasteiger partial charge in [-0.2, -0.15) is 0 Å². The van der Waals surface area contributed by atoms with E-state index in [0.29, 0.717) is 11.1 Å². The molecule has 0 spiro atoms. The maximum absolute atomic E-state index is 10.3. The Morgan fingerprint density at radius 2 is 1.48 bits per heavy atom. The highest BCUT2D eigenvalue weighted by molar-refractivity contribution is 5.88. The molecule has 0 fully saturated rings. The number of ether oxygens (including phenoxy) is 2. The highest BCUT2D eigenvalue weighted by Gasteiger charge is 2.26. The minimum absolute atomic E-state index is 0. The Labute approximate surface area is 148 Å². The molecule has 0 radical (unpaired) electrons. The molecule has 0 aliphatic heterocycles. The highest BCUT2D eigenvalue weighted by Crippen LogP contribution is 2.44. The molecule has 8 heteroatoms. The van der Waals surface area contributed by atoms with Crippen molar-refractivity contribution in [3.63, 3.8) is 0 Å². The van der Waals surface area contributed by atoms with Gasteiger partial charge >= 0.3 is 11.3 Å². The molecular weight excluding hydrogens is 352 g/mol. The maximum atomic E-state index is 10.3. The van der Waals surface area contributed by atoms with E-state index >= 15 is 0 Å². The topological polar surface area (TPSA) is 111 Å². The SMILES string of the molecule is COc1cc(-c2[o+]c3cc(O)cc(OC)c3cc2O)cc(O)c1O.[Cl-]. The molecule has 0 bridgehead atoms. The van der Waals surface area contributed by atoms with Gasteiger partial charge in [0.1, 0.15) is 16.9 Å². The van der Waals surface area contributed by atoms with Crippen LogP contribution in [0.2, 0.25) is 0 Å². The number of fused-ring (bicyclic) bond motifs is 1. The summed E-state index contributed by atoms with van der Waals surface area (Å²) in [5.74, 6) is -0.725. The summed E-state index contributed by atoms with van der Waals surface area (Å²) in [7, 11) is 2.76. The summed E-state index contributed by atoms with van der Waals surface area (Å²) in [5.41, 5.74) is 0.551. The summed E-state index contributed by atoms with van der Waals surface area (Å²) in [6.45, 7) is 0. The molecule has 3 rings (SSSR count). The number of phenols is 3. The first-order valence-corrected chi connectivity index (χ1v) is 6.91.